The van der Waals surface area contributed by atoms with Gasteiger partial charge < -0.3 is 10.7 Å². The molecule has 0 aliphatic rings. The molecule has 72 valence electrons. The third-order valence-electron chi connectivity index (χ3n) is 1.54. The summed E-state index contributed by atoms with van der Waals surface area (Å²) < 4.78 is 0. The van der Waals surface area contributed by atoms with Crippen LogP contribution in [0.1, 0.15) is 0 Å². The zero-order valence-corrected chi connectivity index (χ0v) is 6.87. The fraction of sp³-hybridized carbons (Fsp3) is 0. The quantitative estimate of drug-likeness (QED) is 0.470. The second-order valence-electron chi connectivity index (χ2n) is 2.50. The number of amides is 2. The molecule has 2 aromatic rings. The van der Waals surface area contributed by atoms with Crippen molar-refractivity contribution >= 4 is 23.1 Å². The first kappa shape index (κ1) is 8.23. The molecular formula is C6H6N6O2. The van der Waals surface area contributed by atoms with Crippen LogP contribution >= 0.6 is 0 Å². The third kappa shape index (κ3) is 1.28. The van der Waals surface area contributed by atoms with Gasteiger partial charge in [-0.25, -0.2) is 9.78 Å². The van der Waals surface area contributed by atoms with Crippen molar-refractivity contribution in [3.05, 3.63) is 16.7 Å². The Morgan fingerprint density at radius 1 is 1.57 bits per heavy atom. The number of urea groups is 1. The van der Waals surface area contributed by atoms with E-state index in [-0.39, 0.29) is 17.1 Å². The van der Waals surface area contributed by atoms with Crippen molar-refractivity contribution in [1.82, 2.24) is 19.9 Å². The van der Waals surface area contributed by atoms with E-state index in [2.05, 4.69) is 25.3 Å². The molecule has 2 rings (SSSR count). The maximum absolute atomic E-state index is 11.3. The number of hydrogen-bond acceptors (Lipinski definition) is 4. The molecule has 0 atom stereocenters. The zero-order valence-electron chi connectivity index (χ0n) is 6.87. The van der Waals surface area contributed by atoms with E-state index in [9.17, 15) is 9.59 Å². The van der Waals surface area contributed by atoms with E-state index < -0.39 is 11.6 Å². The van der Waals surface area contributed by atoms with Crippen molar-refractivity contribution < 1.29 is 4.79 Å². The Hall–Kier alpha value is -2.38. The fourth-order valence-corrected chi connectivity index (χ4v) is 1.02. The predicted molar refractivity (Wildman–Crippen MR) is 47.7 cm³/mol. The van der Waals surface area contributed by atoms with Gasteiger partial charge in [0.15, 0.2) is 11.2 Å². The molecule has 8 heteroatoms. The number of aromatic amines is 2. The van der Waals surface area contributed by atoms with Crippen LogP contribution in [0.15, 0.2) is 11.1 Å². The van der Waals surface area contributed by atoms with Gasteiger partial charge in [-0.15, -0.1) is 0 Å². The minimum absolute atomic E-state index is 0.0258. The molecule has 0 unspecified atom stereocenters. The SMILES string of the molecule is NC(=O)Nc1nc2nc[nH]c2c(=O)[nH]1. The number of carbonyl (C=O) groups excluding carboxylic acids is 1. The lowest BCUT2D eigenvalue weighted by Crippen LogP contribution is -2.23. The highest BCUT2D eigenvalue weighted by molar-refractivity contribution is 5.86. The Balaban J connectivity index is 2.58. The Kier molecular flexibility index (Phi) is 1.67. The monoisotopic (exact) mass is 194 g/mol. The summed E-state index contributed by atoms with van der Waals surface area (Å²) in [4.78, 5) is 34.3. The van der Waals surface area contributed by atoms with Gasteiger partial charge in [0.2, 0.25) is 5.95 Å². The van der Waals surface area contributed by atoms with Gasteiger partial charge in [0.1, 0.15) is 0 Å². The summed E-state index contributed by atoms with van der Waals surface area (Å²) in [6.07, 6.45) is 1.33. The van der Waals surface area contributed by atoms with Crippen LogP contribution < -0.4 is 16.6 Å². The predicted octanol–water partition coefficient (Wildman–Crippen LogP) is -0.863. The number of carbonyl (C=O) groups is 1. The van der Waals surface area contributed by atoms with Crippen molar-refractivity contribution in [1.29, 1.82) is 0 Å². The lowest BCUT2D eigenvalue weighted by Gasteiger charge is -1.98. The minimum Gasteiger partial charge on any atom is -0.351 e. The number of anilines is 1. The van der Waals surface area contributed by atoms with Crippen molar-refractivity contribution in [3.8, 4) is 0 Å². The van der Waals surface area contributed by atoms with Gasteiger partial charge >= 0.3 is 6.03 Å². The molecule has 5 N–H and O–H groups in total. The molecule has 2 amide bonds. The largest absolute Gasteiger partial charge is 0.351 e. The van der Waals surface area contributed by atoms with Crippen LogP contribution in [0.2, 0.25) is 0 Å². The molecule has 0 saturated carbocycles. The number of imidazole rings is 1. The molecule has 0 spiro atoms. The molecule has 0 aliphatic carbocycles. The number of primary amides is 1. The summed E-state index contributed by atoms with van der Waals surface area (Å²) in [6, 6.07) is -0.803. The standard InChI is InChI=1S/C6H6N6O2/c7-5(14)12-6-10-3-2(4(13)11-6)8-1-9-3/h1H,(H5,7,8,9,10,11,12,13,14). The van der Waals surface area contributed by atoms with Crippen LogP contribution in [0.4, 0.5) is 10.7 Å². The Bertz CT molecular complexity index is 540. The molecule has 0 radical (unpaired) electrons. The number of H-pyrrole nitrogens is 2. The number of rotatable bonds is 1. The van der Waals surface area contributed by atoms with Crippen molar-refractivity contribution in [2.75, 3.05) is 5.32 Å². The Morgan fingerprint density at radius 2 is 2.36 bits per heavy atom. The van der Waals surface area contributed by atoms with Crippen molar-refractivity contribution in [3.63, 3.8) is 0 Å². The lowest BCUT2D eigenvalue weighted by molar-refractivity contribution is 0.259. The summed E-state index contributed by atoms with van der Waals surface area (Å²) in [5.74, 6) is -0.0258. The average Bonchev–Trinajstić information content (AvgIpc) is 2.50. The van der Waals surface area contributed by atoms with E-state index in [0.29, 0.717) is 0 Å². The third-order valence-corrected chi connectivity index (χ3v) is 1.54. The van der Waals surface area contributed by atoms with E-state index in [4.69, 9.17) is 5.73 Å². The summed E-state index contributed by atoms with van der Waals surface area (Å²) in [5.41, 5.74) is 4.90. The highest BCUT2D eigenvalue weighted by Crippen LogP contribution is 2.01. The molecular weight excluding hydrogens is 188 g/mol. The van der Waals surface area contributed by atoms with Gasteiger partial charge in [0.25, 0.3) is 5.56 Å². The van der Waals surface area contributed by atoms with E-state index >= 15 is 0 Å². The first-order chi connectivity index (χ1) is 6.66. The number of hydrogen-bond donors (Lipinski definition) is 4. The first-order valence-electron chi connectivity index (χ1n) is 3.66. The molecule has 2 heterocycles. The second kappa shape index (κ2) is 2.83. The number of fused-ring (bicyclic) bond motifs is 1. The van der Waals surface area contributed by atoms with E-state index in [1.165, 1.54) is 6.33 Å². The number of nitrogens with zero attached hydrogens (tertiary/aromatic N) is 2. The Labute approximate surface area is 76.6 Å². The zero-order chi connectivity index (χ0) is 10.1. The molecule has 0 bridgehead atoms. The molecule has 0 aromatic carbocycles. The molecule has 0 saturated heterocycles. The summed E-state index contributed by atoms with van der Waals surface area (Å²) >= 11 is 0. The number of aromatic nitrogens is 4. The van der Waals surface area contributed by atoms with Gasteiger partial charge in [0.05, 0.1) is 6.33 Å². The minimum atomic E-state index is -0.803. The summed E-state index contributed by atoms with van der Waals surface area (Å²) in [7, 11) is 0. The second-order valence-corrected chi connectivity index (χ2v) is 2.50. The van der Waals surface area contributed by atoms with Crippen LogP contribution in [-0.4, -0.2) is 26.0 Å². The topological polar surface area (TPSA) is 130 Å². The smallest absolute Gasteiger partial charge is 0.318 e. The van der Waals surface area contributed by atoms with E-state index in [1.807, 2.05) is 0 Å². The molecule has 0 aliphatic heterocycles. The van der Waals surface area contributed by atoms with E-state index in [0.717, 1.165) is 0 Å². The van der Waals surface area contributed by atoms with Gasteiger partial charge in [0, 0.05) is 0 Å². The van der Waals surface area contributed by atoms with Crippen LogP contribution in [0.3, 0.4) is 0 Å². The van der Waals surface area contributed by atoms with Gasteiger partial charge in [-0.1, -0.05) is 0 Å². The molecule has 2 aromatic heterocycles. The van der Waals surface area contributed by atoms with Crippen LogP contribution in [0.5, 0.6) is 0 Å². The molecule has 8 nitrogen and oxygen atoms in total. The summed E-state index contributed by atoms with van der Waals surface area (Å²) in [6.45, 7) is 0. The maximum atomic E-state index is 11.3. The van der Waals surface area contributed by atoms with Crippen LogP contribution in [0.25, 0.3) is 11.2 Å². The van der Waals surface area contributed by atoms with Crippen LogP contribution in [0, 0.1) is 0 Å². The number of nitrogens with two attached hydrogens (primary N) is 1. The Morgan fingerprint density at radius 3 is 3.07 bits per heavy atom. The molecule has 14 heavy (non-hydrogen) atoms. The maximum Gasteiger partial charge on any atom is 0.318 e. The van der Waals surface area contributed by atoms with Gasteiger partial charge in [-0.05, 0) is 0 Å². The van der Waals surface area contributed by atoms with Gasteiger partial charge in [-0.2, -0.15) is 4.98 Å². The highest BCUT2D eigenvalue weighted by atomic mass is 16.2. The first-order valence-corrected chi connectivity index (χ1v) is 3.66. The van der Waals surface area contributed by atoms with Crippen molar-refractivity contribution in [2.45, 2.75) is 0 Å². The normalized spacial score (nSPS) is 10.3. The van der Waals surface area contributed by atoms with E-state index in [1.54, 1.807) is 0 Å². The highest BCUT2D eigenvalue weighted by Gasteiger charge is 2.06. The average molecular weight is 194 g/mol. The summed E-state index contributed by atoms with van der Waals surface area (Å²) in [5, 5.41) is 2.15. The van der Waals surface area contributed by atoms with Crippen molar-refractivity contribution in [2.24, 2.45) is 5.73 Å². The lowest BCUT2D eigenvalue weighted by atomic mass is 10.5. The van der Waals surface area contributed by atoms with Gasteiger partial charge in [-0.3, -0.25) is 15.1 Å². The molecule has 0 fully saturated rings. The fourth-order valence-electron chi connectivity index (χ4n) is 1.02. The van der Waals surface area contributed by atoms with Crippen LogP contribution in [-0.2, 0) is 0 Å². The number of nitrogens with one attached hydrogen (secondary N) is 3.